The Labute approximate surface area is 144 Å². The topological polar surface area (TPSA) is 53.6 Å². The van der Waals surface area contributed by atoms with E-state index in [4.69, 9.17) is 4.74 Å². The average molecular weight is 350 g/mol. The van der Waals surface area contributed by atoms with Gasteiger partial charge in [-0.05, 0) is 26.0 Å². The molecule has 1 aromatic carbocycles. The normalized spacial score (nSPS) is 15.9. The summed E-state index contributed by atoms with van der Waals surface area (Å²) in [5.41, 5.74) is 0.737. The quantitative estimate of drug-likeness (QED) is 0.855. The Kier molecular flexibility index (Phi) is 10.2. The molecule has 1 heterocycles. The van der Waals surface area contributed by atoms with Crippen LogP contribution in [-0.2, 0) is 4.79 Å². The second-order valence-corrected chi connectivity index (χ2v) is 4.88. The SMILES string of the molecule is CCOc1ccccc1NC(=O)C(C)N1CCNCC1.Cl.Cl. The second-order valence-electron chi connectivity index (χ2n) is 4.88. The maximum absolute atomic E-state index is 12.3. The first-order chi connectivity index (χ1) is 9.72. The molecular weight excluding hydrogens is 325 g/mol. The van der Waals surface area contributed by atoms with Crippen molar-refractivity contribution < 1.29 is 9.53 Å². The summed E-state index contributed by atoms with van der Waals surface area (Å²) in [6.07, 6.45) is 0. The lowest BCUT2D eigenvalue weighted by Gasteiger charge is -2.31. The first kappa shape index (κ1) is 21.0. The van der Waals surface area contributed by atoms with Crippen molar-refractivity contribution in [3.8, 4) is 5.75 Å². The van der Waals surface area contributed by atoms with E-state index >= 15 is 0 Å². The zero-order valence-corrected chi connectivity index (χ0v) is 14.6. The summed E-state index contributed by atoms with van der Waals surface area (Å²) in [7, 11) is 0. The fourth-order valence-electron chi connectivity index (χ4n) is 2.32. The van der Waals surface area contributed by atoms with Crippen molar-refractivity contribution in [3.63, 3.8) is 0 Å². The molecule has 22 heavy (non-hydrogen) atoms. The van der Waals surface area contributed by atoms with Gasteiger partial charge in [-0.3, -0.25) is 9.69 Å². The van der Waals surface area contributed by atoms with Gasteiger partial charge < -0.3 is 15.4 Å². The summed E-state index contributed by atoms with van der Waals surface area (Å²) in [5, 5.41) is 6.26. The van der Waals surface area contributed by atoms with Crippen LogP contribution in [0.3, 0.4) is 0 Å². The number of rotatable bonds is 5. The first-order valence-corrected chi connectivity index (χ1v) is 7.20. The van der Waals surface area contributed by atoms with Gasteiger partial charge in [-0.25, -0.2) is 0 Å². The Hall–Kier alpha value is -1.01. The molecule has 1 aromatic rings. The molecule has 1 unspecified atom stereocenters. The number of hydrogen-bond donors (Lipinski definition) is 2. The maximum Gasteiger partial charge on any atom is 0.241 e. The lowest BCUT2D eigenvalue weighted by atomic mass is 10.2. The standard InChI is InChI=1S/C15H23N3O2.2ClH/c1-3-20-14-7-5-4-6-13(14)17-15(19)12(2)18-10-8-16-9-11-18;;/h4-7,12,16H,3,8-11H2,1-2H3,(H,17,19);2*1H. The van der Waals surface area contributed by atoms with Gasteiger partial charge in [-0.1, -0.05) is 12.1 Å². The van der Waals surface area contributed by atoms with Crippen LogP contribution in [0.5, 0.6) is 5.75 Å². The van der Waals surface area contributed by atoms with Crippen molar-refractivity contribution in [2.24, 2.45) is 0 Å². The van der Waals surface area contributed by atoms with Crippen molar-refractivity contribution in [3.05, 3.63) is 24.3 Å². The number of benzene rings is 1. The Morgan fingerprint density at radius 3 is 2.59 bits per heavy atom. The molecule has 0 aliphatic carbocycles. The summed E-state index contributed by atoms with van der Waals surface area (Å²) >= 11 is 0. The highest BCUT2D eigenvalue weighted by atomic mass is 35.5. The van der Waals surface area contributed by atoms with Crippen LogP contribution in [0.25, 0.3) is 0 Å². The highest BCUT2D eigenvalue weighted by Crippen LogP contribution is 2.24. The van der Waals surface area contributed by atoms with Crippen molar-refractivity contribution in [2.45, 2.75) is 19.9 Å². The van der Waals surface area contributed by atoms with Gasteiger partial charge in [0.2, 0.25) is 5.91 Å². The van der Waals surface area contributed by atoms with E-state index in [-0.39, 0.29) is 36.8 Å². The number of hydrogen-bond acceptors (Lipinski definition) is 4. The van der Waals surface area contributed by atoms with Crippen molar-refractivity contribution >= 4 is 36.4 Å². The van der Waals surface area contributed by atoms with Gasteiger partial charge in [0.25, 0.3) is 0 Å². The third-order valence-corrected chi connectivity index (χ3v) is 3.52. The van der Waals surface area contributed by atoms with Crippen LogP contribution in [0.1, 0.15) is 13.8 Å². The van der Waals surface area contributed by atoms with E-state index in [1.807, 2.05) is 38.1 Å². The number of anilines is 1. The molecule has 5 nitrogen and oxygen atoms in total. The Morgan fingerprint density at radius 1 is 1.32 bits per heavy atom. The predicted octanol–water partition coefficient (Wildman–Crippen LogP) is 2.16. The van der Waals surface area contributed by atoms with E-state index in [1.54, 1.807) is 0 Å². The molecule has 126 valence electrons. The van der Waals surface area contributed by atoms with Gasteiger partial charge in [-0.2, -0.15) is 0 Å². The molecule has 2 rings (SSSR count). The van der Waals surface area contributed by atoms with E-state index in [9.17, 15) is 4.79 Å². The molecule has 1 aliphatic rings. The van der Waals surface area contributed by atoms with Crippen molar-refractivity contribution in [1.29, 1.82) is 0 Å². The maximum atomic E-state index is 12.3. The van der Waals surface area contributed by atoms with Gasteiger partial charge in [-0.15, -0.1) is 24.8 Å². The second kappa shape index (κ2) is 10.7. The molecule has 7 heteroatoms. The Balaban J connectivity index is 0.00000220. The Morgan fingerprint density at radius 2 is 1.95 bits per heavy atom. The van der Waals surface area contributed by atoms with Crippen LogP contribution in [-0.4, -0.2) is 49.6 Å². The van der Waals surface area contributed by atoms with Crippen molar-refractivity contribution in [2.75, 3.05) is 38.1 Å². The molecule has 0 radical (unpaired) electrons. The van der Waals surface area contributed by atoms with Crippen LogP contribution in [0.15, 0.2) is 24.3 Å². The molecule has 2 N–H and O–H groups in total. The van der Waals surface area contributed by atoms with Crippen LogP contribution >= 0.6 is 24.8 Å². The number of carbonyl (C=O) groups excluding carboxylic acids is 1. The number of para-hydroxylation sites is 2. The summed E-state index contributed by atoms with van der Waals surface area (Å²) in [4.78, 5) is 14.5. The largest absolute Gasteiger partial charge is 0.492 e. The minimum absolute atomic E-state index is 0. The minimum atomic E-state index is -0.133. The number of nitrogens with zero attached hydrogens (tertiary/aromatic N) is 1. The monoisotopic (exact) mass is 349 g/mol. The molecule has 0 aromatic heterocycles. The van der Waals surface area contributed by atoms with Gasteiger partial charge in [0.05, 0.1) is 18.3 Å². The third-order valence-electron chi connectivity index (χ3n) is 3.52. The van der Waals surface area contributed by atoms with Crippen LogP contribution < -0.4 is 15.4 Å². The zero-order chi connectivity index (χ0) is 14.4. The zero-order valence-electron chi connectivity index (χ0n) is 13.0. The van der Waals surface area contributed by atoms with Crippen molar-refractivity contribution in [1.82, 2.24) is 10.2 Å². The highest BCUT2D eigenvalue weighted by Gasteiger charge is 2.23. The molecule has 0 bridgehead atoms. The lowest BCUT2D eigenvalue weighted by Crippen LogP contribution is -2.51. The fraction of sp³-hybridized carbons (Fsp3) is 0.533. The fourth-order valence-corrected chi connectivity index (χ4v) is 2.32. The predicted molar refractivity (Wildman–Crippen MR) is 94.6 cm³/mol. The number of ether oxygens (including phenoxy) is 1. The summed E-state index contributed by atoms with van der Waals surface area (Å²) < 4.78 is 5.52. The molecular formula is C15H25Cl2N3O2. The molecule has 1 atom stereocenters. The van der Waals surface area contributed by atoms with Crippen LogP contribution in [0, 0.1) is 0 Å². The van der Waals surface area contributed by atoms with Crippen LogP contribution in [0.2, 0.25) is 0 Å². The van der Waals surface area contributed by atoms with E-state index in [0.29, 0.717) is 6.61 Å². The lowest BCUT2D eigenvalue weighted by molar-refractivity contribution is -0.121. The third kappa shape index (κ3) is 5.65. The molecule has 1 aliphatic heterocycles. The molecule has 0 spiro atoms. The van der Waals surface area contributed by atoms with Gasteiger partial charge >= 0.3 is 0 Å². The number of nitrogens with one attached hydrogen (secondary N) is 2. The number of halogens is 2. The minimum Gasteiger partial charge on any atom is -0.492 e. The smallest absolute Gasteiger partial charge is 0.241 e. The van der Waals surface area contributed by atoms with E-state index in [0.717, 1.165) is 37.6 Å². The number of amides is 1. The molecule has 1 saturated heterocycles. The van der Waals surface area contributed by atoms with E-state index in [2.05, 4.69) is 15.5 Å². The van der Waals surface area contributed by atoms with Crippen LogP contribution in [0.4, 0.5) is 5.69 Å². The number of piperazine rings is 1. The van der Waals surface area contributed by atoms with Gasteiger partial charge in [0.15, 0.2) is 0 Å². The Bertz CT molecular complexity index is 454. The molecule has 1 fully saturated rings. The van der Waals surface area contributed by atoms with E-state index < -0.39 is 0 Å². The van der Waals surface area contributed by atoms with E-state index in [1.165, 1.54) is 0 Å². The highest BCUT2D eigenvalue weighted by molar-refractivity contribution is 5.95. The summed E-state index contributed by atoms with van der Waals surface area (Å²) in [6.45, 7) is 8.15. The van der Waals surface area contributed by atoms with Gasteiger partial charge in [0.1, 0.15) is 5.75 Å². The molecule has 0 saturated carbocycles. The molecule has 1 amide bonds. The van der Waals surface area contributed by atoms with Gasteiger partial charge in [0, 0.05) is 26.2 Å². The number of carbonyl (C=O) groups is 1. The summed E-state index contributed by atoms with van der Waals surface area (Å²) in [6, 6.07) is 7.41. The first-order valence-electron chi connectivity index (χ1n) is 7.20. The average Bonchev–Trinajstić information content (AvgIpc) is 2.49. The summed E-state index contributed by atoms with van der Waals surface area (Å²) in [5.74, 6) is 0.731.